The maximum atomic E-state index is 11.8. The van der Waals surface area contributed by atoms with Gasteiger partial charge in [-0.3, -0.25) is 4.79 Å². The number of carboxylic acids is 1. The van der Waals surface area contributed by atoms with Gasteiger partial charge in [-0.1, -0.05) is 11.6 Å². The quantitative estimate of drug-likeness (QED) is 0.901. The van der Waals surface area contributed by atoms with Crippen LogP contribution in [-0.4, -0.2) is 17.0 Å². The van der Waals surface area contributed by atoms with Gasteiger partial charge in [-0.15, -0.1) is 0 Å². The second kappa shape index (κ2) is 5.58. The minimum atomic E-state index is -1.14. The van der Waals surface area contributed by atoms with Crippen LogP contribution in [0.3, 0.4) is 0 Å². The van der Waals surface area contributed by atoms with Crippen LogP contribution in [0.5, 0.6) is 0 Å². The lowest BCUT2D eigenvalue weighted by molar-refractivity contribution is 0.0660. The molecule has 0 aliphatic carbocycles. The lowest BCUT2D eigenvalue weighted by Crippen LogP contribution is -2.22. The van der Waals surface area contributed by atoms with Crippen molar-refractivity contribution in [1.29, 1.82) is 0 Å². The summed E-state index contributed by atoms with van der Waals surface area (Å²) in [4.78, 5) is 22.4. The van der Waals surface area contributed by atoms with Crippen LogP contribution in [-0.2, 0) is 6.54 Å². The summed E-state index contributed by atoms with van der Waals surface area (Å²) in [7, 11) is 0. The number of halogens is 1. The summed E-state index contributed by atoms with van der Waals surface area (Å²) in [6, 6.07) is 9.28. The van der Waals surface area contributed by atoms with Gasteiger partial charge in [0.25, 0.3) is 5.91 Å². The number of rotatable bonds is 4. The summed E-state index contributed by atoms with van der Waals surface area (Å²) in [6.45, 7) is 0.120. The molecule has 1 aromatic carbocycles. The topological polar surface area (TPSA) is 79.5 Å². The fourth-order valence-electron chi connectivity index (χ4n) is 1.46. The maximum Gasteiger partial charge on any atom is 0.371 e. The highest BCUT2D eigenvalue weighted by Gasteiger charge is 2.10. The Balaban J connectivity index is 1.96. The zero-order chi connectivity index (χ0) is 13.8. The fraction of sp³-hybridized carbons (Fsp3) is 0.0769. The first-order valence-corrected chi connectivity index (χ1v) is 5.80. The molecule has 2 N–H and O–H groups in total. The third kappa shape index (κ3) is 3.35. The molecule has 0 bridgehead atoms. The number of benzene rings is 1. The summed E-state index contributed by atoms with van der Waals surface area (Å²) in [5.41, 5.74) is 0.467. The molecule has 0 spiro atoms. The molecule has 1 heterocycles. The molecule has 0 unspecified atom stereocenters. The Hall–Kier alpha value is -2.27. The number of amides is 1. The molecule has 0 radical (unpaired) electrons. The number of nitrogens with one attached hydrogen (secondary N) is 1. The number of carbonyl (C=O) groups is 2. The Kier molecular flexibility index (Phi) is 3.87. The van der Waals surface area contributed by atoms with Crippen molar-refractivity contribution in [2.75, 3.05) is 0 Å². The average Bonchev–Trinajstić information content (AvgIpc) is 2.86. The van der Waals surface area contributed by atoms with Crippen molar-refractivity contribution in [2.24, 2.45) is 0 Å². The van der Waals surface area contributed by atoms with Gasteiger partial charge in [0.05, 0.1) is 6.54 Å². The van der Waals surface area contributed by atoms with E-state index in [1.807, 2.05) is 0 Å². The molecule has 19 heavy (non-hydrogen) atoms. The van der Waals surface area contributed by atoms with Crippen LogP contribution < -0.4 is 5.32 Å². The Morgan fingerprint density at radius 1 is 1.16 bits per heavy atom. The molecule has 2 aromatic rings. The van der Waals surface area contributed by atoms with Gasteiger partial charge >= 0.3 is 5.97 Å². The van der Waals surface area contributed by atoms with Gasteiger partial charge in [0.15, 0.2) is 0 Å². The average molecular weight is 280 g/mol. The van der Waals surface area contributed by atoms with Crippen LogP contribution in [0.1, 0.15) is 26.7 Å². The number of carboxylic acid groups (broad SMARTS) is 1. The molecule has 1 amide bonds. The van der Waals surface area contributed by atoms with Crippen molar-refractivity contribution in [1.82, 2.24) is 5.32 Å². The van der Waals surface area contributed by atoms with E-state index in [0.29, 0.717) is 16.3 Å². The van der Waals surface area contributed by atoms with Gasteiger partial charge in [-0.05, 0) is 36.4 Å². The number of hydrogen-bond acceptors (Lipinski definition) is 3. The molecule has 1 aromatic heterocycles. The van der Waals surface area contributed by atoms with Crippen LogP contribution in [0.2, 0.25) is 5.02 Å². The molecule has 0 saturated carbocycles. The summed E-state index contributed by atoms with van der Waals surface area (Å²) in [5, 5.41) is 11.9. The fourth-order valence-corrected chi connectivity index (χ4v) is 1.58. The second-order valence-electron chi connectivity index (χ2n) is 3.76. The molecule has 2 rings (SSSR count). The second-order valence-corrected chi connectivity index (χ2v) is 4.20. The molecule has 5 nitrogen and oxygen atoms in total. The van der Waals surface area contributed by atoms with E-state index in [4.69, 9.17) is 21.1 Å². The molecule has 0 aliphatic heterocycles. The van der Waals surface area contributed by atoms with E-state index in [1.54, 1.807) is 24.3 Å². The van der Waals surface area contributed by atoms with Crippen LogP contribution in [0.4, 0.5) is 0 Å². The first-order valence-electron chi connectivity index (χ1n) is 5.42. The molecular weight excluding hydrogens is 270 g/mol. The van der Waals surface area contributed by atoms with Crippen LogP contribution >= 0.6 is 11.6 Å². The molecular formula is C13H10ClNO4. The third-order valence-electron chi connectivity index (χ3n) is 2.40. The van der Waals surface area contributed by atoms with Crippen LogP contribution in [0.15, 0.2) is 40.8 Å². The maximum absolute atomic E-state index is 11.8. The molecule has 6 heteroatoms. The largest absolute Gasteiger partial charge is 0.475 e. The first kappa shape index (κ1) is 13.2. The van der Waals surface area contributed by atoms with E-state index < -0.39 is 5.97 Å². The SMILES string of the molecule is O=C(NCc1ccc(C(=O)O)o1)c1ccc(Cl)cc1. The van der Waals surface area contributed by atoms with E-state index >= 15 is 0 Å². The van der Waals surface area contributed by atoms with Crippen molar-refractivity contribution < 1.29 is 19.1 Å². The van der Waals surface area contributed by atoms with Gasteiger partial charge in [-0.2, -0.15) is 0 Å². The number of furan rings is 1. The van der Waals surface area contributed by atoms with E-state index in [-0.39, 0.29) is 18.2 Å². The highest BCUT2D eigenvalue weighted by molar-refractivity contribution is 6.30. The predicted octanol–water partition coefficient (Wildman–Crippen LogP) is 2.56. The summed E-state index contributed by atoms with van der Waals surface area (Å²) in [6.07, 6.45) is 0. The lowest BCUT2D eigenvalue weighted by Gasteiger charge is -2.03. The standard InChI is InChI=1S/C13H10ClNO4/c14-9-3-1-8(2-4-9)12(16)15-7-10-5-6-11(19-10)13(17)18/h1-6H,7H2,(H,15,16)(H,17,18). The summed E-state index contributed by atoms with van der Waals surface area (Å²) >= 11 is 5.72. The van der Waals surface area contributed by atoms with Gasteiger partial charge in [0.1, 0.15) is 5.76 Å². The summed E-state index contributed by atoms with van der Waals surface area (Å²) in [5.74, 6) is -1.21. The van der Waals surface area contributed by atoms with E-state index in [1.165, 1.54) is 12.1 Å². The monoisotopic (exact) mass is 279 g/mol. The summed E-state index contributed by atoms with van der Waals surface area (Å²) < 4.78 is 5.02. The Bertz CT molecular complexity index is 603. The zero-order valence-corrected chi connectivity index (χ0v) is 10.5. The Morgan fingerprint density at radius 2 is 1.84 bits per heavy atom. The Labute approximate surface area is 113 Å². The van der Waals surface area contributed by atoms with Gasteiger partial charge in [0, 0.05) is 10.6 Å². The van der Waals surface area contributed by atoms with Crippen LogP contribution in [0.25, 0.3) is 0 Å². The third-order valence-corrected chi connectivity index (χ3v) is 2.65. The predicted molar refractivity (Wildman–Crippen MR) is 68.3 cm³/mol. The molecule has 0 aliphatic rings. The molecule has 98 valence electrons. The van der Waals surface area contributed by atoms with Crippen molar-refractivity contribution in [3.05, 3.63) is 58.5 Å². The minimum absolute atomic E-state index is 0.120. The molecule has 0 atom stereocenters. The normalized spacial score (nSPS) is 10.2. The zero-order valence-electron chi connectivity index (χ0n) is 9.72. The highest BCUT2D eigenvalue weighted by atomic mass is 35.5. The van der Waals surface area contributed by atoms with E-state index in [9.17, 15) is 9.59 Å². The smallest absolute Gasteiger partial charge is 0.371 e. The number of aromatic carboxylic acids is 1. The van der Waals surface area contributed by atoms with Crippen molar-refractivity contribution in [2.45, 2.75) is 6.54 Å². The Morgan fingerprint density at radius 3 is 2.42 bits per heavy atom. The van der Waals surface area contributed by atoms with E-state index in [2.05, 4.69) is 5.32 Å². The minimum Gasteiger partial charge on any atom is -0.475 e. The number of carbonyl (C=O) groups excluding carboxylic acids is 1. The van der Waals surface area contributed by atoms with Crippen LogP contribution in [0, 0.1) is 0 Å². The van der Waals surface area contributed by atoms with Gasteiger partial charge in [0.2, 0.25) is 5.76 Å². The van der Waals surface area contributed by atoms with Crippen molar-refractivity contribution in [3.63, 3.8) is 0 Å². The van der Waals surface area contributed by atoms with Gasteiger partial charge < -0.3 is 14.8 Å². The molecule has 0 saturated heterocycles. The first-order chi connectivity index (χ1) is 9.06. The van der Waals surface area contributed by atoms with Crippen molar-refractivity contribution in [3.8, 4) is 0 Å². The highest BCUT2D eigenvalue weighted by Crippen LogP contribution is 2.10. The lowest BCUT2D eigenvalue weighted by atomic mass is 10.2. The van der Waals surface area contributed by atoms with E-state index in [0.717, 1.165) is 0 Å². The number of hydrogen-bond donors (Lipinski definition) is 2. The van der Waals surface area contributed by atoms with Gasteiger partial charge in [-0.25, -0.2) is 4.79 Å². The molecule has 0 fully saturated rings. The van der Waals surface area contributed by atoms with Crippen molar-refractivity contribution >= 4 is 23.5 Å².